The Morgan fingerprint density at radius 1 is 0.923 bits per heavy atom. The van der Waals surface area contributed by atoms with Crippen LogP contribution in [0.4, 0.5) is 0 Å². The molecule has 1 heterocycles. The van der Waals surface area contributed by atoms with E-state index in [-0.39, 0.29) is 33.3 Å². The minimum absolute atomic E-state index is 0.0174. The number of benzene rings is 1. The topological polar surface area (TPSA) is 85.5 Å². The highest BCUT2D eigenvalue weighted by Gasteiger charge is 2.26. The second-order valence-electron chi connectivity index (χ2n) is 5.44. The van der Waals surface area contributed by atoms with Gasteiger partial charge in [0.15, 0.2) is 6.61 Å². The van der Waals surface area contributed by atoms with Crippen LogP contribution in [0.1, 0.15) is 49.4 Å². The summed E-state index contributed by atoms with van der Waals surface area (Å²) < 4.78 is 10.0. The minimum Gasteiger partial charge on any atom is -0.462 e. The Morgan fingerprint density at radius 3 is 2.04 bits per heavy atom. The van der Waals surface area contributed by atoms with Crippen molar-refractivity contribution in [1.82, 2.24) is 4.98 Å². The molecule has 0 fully saturated rings. The Labute approximate surface area is 160 Å². The van der Waals surface area contributed by atoms with Crippen molar-refractivity contribution in [3.8, 4) is 0 Å². The minimum atomic E-state index is -0.823. The monoisotopic (exact) mass is 397 g/mol. The quantitative estimate of drug-likeness (QED) is 0.584. The lowest BCUT2D eigenvalue weighted by Gasteiger charge is -2.09. The lowest BCUT2D eigenvalue weighted by Crippen LogP contribution is -2.18. The van der Waals surface area contributed by atoms with Crippen LogP contribution < -0.4 is 0 Å². The highest BCUT2D eigenvalue weighted by molar-refractivity contribution is 6.39. The van der Waals surface area contributed by atoms with Crippen LogP contribution >= 0.6 is 23.2 Å². The van der Waals surface area contributed by atoms with E-state index in [0.717, 1.165) is 0 Å². The molecule has 0 amide bonds. The molecule has 0 unspecified atom stereocenters. The summed E-state index contributed by atoms with van der Waals surface area (Å²) in [6, 6.07) is 4.57. The summed E-state index contributed by atoms with van der Waals surface area (Å²) in [7, 11) is 0. The zero-order valence-corrected chi connectivity index (χ0v) is 16.0. The summed E-state index contributed by atoms with van der Waals surface area (Å²) in [6.45, 7) is 4.59. The molecule has 1 N–H and O–H groups in total. The average molecular weight is 398 g/mol. The van der Waals surface area contributed by atoms with Crippen molar-refractivity contribution in [3.63, 3.8) is 0 Å². The van der Waals surface area contributed by atoms with Crippen molar-refractivity contribution in [1.29, 1.82) is 0 Å². The molecule has 0 saturated carbocycles. The van der Waals surface area contributed by atoms with Gasteiger partial charge in [0, 0.05) is 11.4 Å². The fraction of sp³-hybridized carbons (Fsp3) is 0.278. The number of ether oxygens (including phenoxy) is 2. The van der Waals surface area contributed by atoms with Gasteiger partial charge in [-0.1, -0.05) is 29.3 Å². The zero-order chi connectivity index (χ0) is 19.4. The Bertz CT molecular complexity index is 852. The van der Waals surface area contributed by atoms with Crippen LogP contribution in [0.2, 0.25) is 10.0 Å². The molecular formula is C18H17Cl2NO5. The molecule has 138 valence electrons. The number of aromatic amines is 1. The van der Waals surface area contributed by atoms with E-state index >= 15 is 0 Å². The summed E-state index contributed by atoms with van der Waals surface area (Å²) in [5, 5.41) is 0.242. The number of hydrogen-bond donors (Lipinski definition) is 1. The van der Waals surface area contributed by atoms with E-state index in [4.69, 9.17) is 32.7 Å². The molecule has 6 nitrogen and oxygen atoms in total. The number of halogens is 2. The van der Waals surface area contributed by atoms with Gasteiger partial charge >= 0.3 is 11.9 Å². The first-order valence-electron chi connectivity index (χ1n) is 7.78. The maximum atomic E-state index is 12.5. The van der Waals surface area contributed by atoms with Gasteiger partial charge in [-0.3, -0.25) is 4.79 Å². The van der Waals surface area contributed by atoms with Crippen molar-refractivity contribution in [2.75, 3.05) is 13.2 Å². The molecule has 0 aliphatic carbocycles. The van der Waals surface area contributed by atoms with Crippen molar-refractivity contribution < 1.29 is 23.9 Å². The maximum Gasteiger partial charge on any atom is 0.341 e. The number of hydrogen-bond acceptors (Lipinski definition) is 5. The van der Waals surface area contributed by atoms with Gasteiger partial charge in [0.05, 0.1) is 33.3 Å². The van der Waals surface area contributed by atoms with Gasteiger partial charge in [0.2, 0.25) is 5.78 Å². The predicted molar refractivity (Wildman–Crippen MR) is 97.3 cm³/mol. The first kappa shape index (κ1) is 20.0. The first-order chi connectivity index (χ1) is 12.3. The molecule has 0 bridgehead atoms. The summed E-state index contributed by atoms with van der Waals surface area (Å²) in [5.74, 6) is -1.97. The second-order valence-corrected chi connectivity index (χ2v) is 6.26. The van der Waals surface area contributed by atoms with Crippen LogP contribution in [0.5, 0.6) is 0 Å². The lowest BCUT2D eigenvalue weighted by atomic mass is 10.1. The Morgan fingerprint density at radius 2 is 1.46 bits per heavy atom. The number of rotatable bonds is 6. The molecule has 1 aromatic carbocycles. The van der Waals surface area contributed by atoms with Crippen LogP contribution in [-0.2, 0) is 9.47 Å². The summed E-state index contributed by atoms with van der Waals surface area (Å²) in [6.07, 6.45) is 0. The van der Waals surface area contributed by atoms with Gasteiger partial charge < -0.3 is 14.5 Å². The number of ketones is 1. The molecule has 2 aromatic rings. The average Bonchev–Trinajstić information content (AvgIpc) is 2.87. The maximum absolute atomic E-state index is 12.5. The number of H-pyrrole nitrogens is 1. The fourth-order valence-electron chi connectivity index (χ4n) is 2.56. The smallest absolute Gasteiger partial charge is 0.341 e. The molecular weight excluding hydrogens is 381 g/mol. The fourth-order valence-corrected chi connectivity index (χ4v) is 3.11. The molecule has 0 aliphatic rings. The number of esters is 2. The summed E-state index contributed by atoms with van der Waals surface area (Å²) >= 11 is 11.9. The third-order valence-corrected chi connectivity index (χ3v) is 4.26. The second kappa shape index (κ2) is 8.38. The van der Waals surface area contributed by atoms with Crippen molar-refractivity contribution >= 4 is 40.9 Å². The van der Waals surface area contributed by atoms with Crippen molar-refractivity contribution in [2.24, 2.45) is 0 Å². The van der Waals surface area contributed by atoms with Gasteiger partial charge in [-0.15, -0.1) is 0 Å². The van der Waals surface area contributed by atoms with Gasteiger partial charge in [0.1, 0.15) is 0 Å². The Hall–Kier alpha value is -2.31. The Kier molecular flexibility index (Phi) is 6.45. The van der Waals surface area contributed by atoms with Gasteiger partial charge in [-0.05, 0) is 32.9 Å². The van der Waals surface area contributed by atoms with E-state index in [0.29, 0.717) is 11.4 Å². The van der Waals surface area contributed by atoms with Crippen LogP contribution in [0.25, 0.3) is 0 Å². The molecule has 2 rings (SSSR count). The molecule has 26 heavy (non-hydrogen) atoms. The highest BCUT2D eigenvalue weighted by atomic mass is 35.5. The highest BCUT2D eigenvalue weighted by Crippen LogP contribution is 2.25. The third kappa shape index (κ3) is 4.08. The number of carbonyl (C=O) groups excluding carboxylic acids is 3. The molecule has 0 saturated heterocycles. The molecule has 0 radical (unpaired) electrons. The number of carbonyl (C=O) groups is 3. The molecule has 0 aliphatic heterocycles. The van der Waals surface area contributed by atoms with E-state index < -0.39 is 24.3 Å². The van der Waals surface area contributed by atoms with Gasteiger partial charge in [0.25, 0.3) is 0 Å². The third-order valence-electron chi connectivity index (χ3n) is 3.63. The van der Waals surface area contributed by atoms with E-state index in [9.17, 15) is 14.4 Å². The van der Waals surface area contributed by atoms with Gasteiger partial charge in [-0.25, -0.2) is 9.59 Å². The SMILES string of the molecule is CCOC(=O)c1c(C)[nH]c(C)c1C(=O)COC(=O)c1c(Cl)cccc1Cl. The van der Waals surface area contributed by atoms with Crippen LogP contribution in [-0.4, -0.2) is 35.9 Å². The van der Waals surface area contributed by atoms with Crippen LogP contribution in [0.3, 0.4) is 0 Å². The lowest BCUT2D eigenvalue weighted by molar-refractivity contribution is 0.0472. The predicted octanol–water partition coefficient (Wildman–Crippen LogP) is 4.15. The number of nitrogens with one attached hydrogen (secondary N) is 1. The zero-order valence-electron chi connectivity index (χ0n) is 14.4. The van der Waals surface area contributed by atoms with Crippen molar-refractivity contribution in [3.05, 3.63) is 56.3 Å². The Balaban J connectivity index is 2.21. The van der Waals surface area contributed by atoms with Crippen LogP contribution in [0.15, 0.2) is 18.2 Å². The number of Topliss-reactive ketones (excluding diaryl/α,β-unsaturated/α-hetero) is 1. The van der Waals surface area contributed by atoms with E-state index in [2.05, 4.69) is 4.98 Å². The molecule has 0 atom stereocenters. The largest absolute Gasteiger partial charge is 0.462 e. The summed E-state index contributed by atoms with van der Waals surface area (Å²) in [4.78, 5) is 39.8. The van der Waals surface area contributed by atoms with Crippen LogP contribution in [0, 0.1) is 13.8 Å². The molecule has 0 spiro atoms. The standard InChI is InChI=1S/C18H17Cl2NO5/c1-4-25-17(23)15-10(3)21-9(2)14(15)13(22)8-26-18(24)16-11(19)6-5-7-12(16)20/h5-7,21H,4,8H2,1-3H3. The summed E-state index contributed by atoms with van der Waals surface area (Å²) in [5.41, 5.74) is 1.25. The molecule has 8 heteroatoms. The van der Waals surface area contributed by atoms with E-state index in [1.54, 1.807) is 26.8 Å². The van der Waals surface area contributed by atoms with E-state index in [1.165, 1.54) is 12.1 Å². The number of aryl methyl sites for hydroxylation is 2. The number of aromatic nitrogens is 1. The van der Waals surface area contributed by atoms with Gasteiger partial charge in [-0.2, -0.15) is 0 Å². The first-order valence-corrected chi connectivity index (χ1v) is 8.54. The van der Waals surface area contributed by atoms with E-state index in [1.807, 2.05) is 0 Å². The van der Waals surface area contributed by atoms with Crippen molar-refractivity contribution in [2.45, 2.75) is 20.8 Å². The normalized spacial score (nSPS) is 10.5. The molecule has 1 aromatic heterocycles.